The fourth-order valence-corrected chi connectivity index (χ4v) is 4.16. The third-order valence-electron chi connectivity index (χ3n) is 4.85. The van der Waals surface area contributed by atoms with Crippen molar-refractivity contribution in [1.82, 2.24) is 5.32 Å². The molecule has 1 amide bonds. The molecule has 2 N–H and O–H groups in total. The lowest BCUT2D eigenvalue weighted by Crippen LogP contribution is -3.12. The number of halogens is 1. The fraction of sp³-hybridized carbons (Fsp3) is 0.381. The van der Waals surface area contributed by atoms with Gasteiger partial charge in [0, 0.05) is 34.4 Å². The van der Waals surface area contributed by atoms with Crippen LogP contribution < -0.4 is 15.0 Å². The van der Waals surface area contributed by atoms with E-state index in [2.05, 4.69) is 17.4 Å². The van der Waals surface area contributed by atoms with Gasteiger partial charge in [0.05, 0.1) is 26.0 Å². The molecule has 2 aromatic carbocycles. The summed E-state index contributed by atoms with van der Waals surface area (Å²) in [5.41, 5.74) is 1.31. The van der Waals surface area contributed by atoms with Gasteiger partial charge in [-0.05, 0) is 36.4 Å². The second-order valence-corrected chi connectivity index (χ2v) is 8.34. The highest BCUT2D eigenvalue weighted by atomic mass is 35.5. The molecule has 1 aliphatic heterocycles. The normalized spacial score (nSPS) is 19.5. The standard InChI is InChI=1S/C21H25ClN2O2S/c1-26-19-6-8-20(9-7-19)27-15-21(25)23-18-10-12-24(13-11-18)14-16-2-4-17(22)5-3-16/h2-9,18H,10-15H2,1H3,(H,23,25)/p+1. The number of quaternary nitrogens is 1. The van der Waals surface area contributed by atoms with E-state index in [1.807, 2.05) is 36.4 Å². The Morgan fingerprint density at radius 1 is 1.15 bits per heavy atom. The summed E-state index contributed by atoms with van der Waals surface area (Å²) >= 11 is 7.50. The minimum Gasteiger partial charge on any atom is -0.497 e. The number of hydrogen-bond donors (Lipinski definition) is 2. The highest BCUT2D eigenvalue weighted by Crippen LogP contribution is 2.21. The highest BCUT2D eigenvalue weighted by molar-refractivity contribution is 8.00. The third-order valence-corrected chi connectivity index (χ3v) is 6.12. The molecule has 0 aromatic heterocycles. The minimum absolute atomic E-state index is 0.113. The molecule has 3 rings (SSSR count). The topological polar surface area (TPSA) is 42.8 Å². The maximum Gasteiger partial charge on any atom is 0.230 e. The van der Waals surface area contributed by atoms with Gasteiger partial charge in [0.15, 0.2) is 0 Å². The summed E-state index contributed by atoms with van der Waals surface area (Å²) in [6, 6.07) is 16.2. The summed E-state index contributed by atoms with van der Waals surface area (Å²) in [7, 11) is 1.65. The summed E-state index contributed by atoms with van der Waals surface area (Å²) in [5.74, 6) is 1.39. The zero-order valence-corrected chi connectivity index (χ0v) is 17.1. The summed E-state index contributed by atoms with van der Waals surface area (Å²) in [6.07, 6.45) is 2.06. The molecule has 0 unspecified atom stereocenters. The third kappa shape index (κ3) is 6.45. The molecule has 1 fully saturated rings. The van der Waals surface area contributed by atoms with E-state index in [0.717, 1.165) is 48.1 Å². The first-order valence-electron chi connectivity index (χ1n) is 9.26. The molecule has 0 bridgehead atoms. The quantitative estimate of drug-likeness (QED) is 0.696. The SMILES string of the molecule is COc1ccc(SCC(=O)NC2CC[NH+](Cc3ccc(Cl)cc3)CC2)cc1. The number of hydrogen-bond acceptors (Lipinski definition) is 3. The van der Waals surface area contributed by atoms with Crippen LogP contribution >= 0.6 is 23.4 Å². The van der Waals surface area contributed by atoms with Gasteiger partial charge in [0.1, 0.15) is 12.3 Å². The van der Waals surface area contributed by atoms with Gasteiger partial charge < -0.3 is 15.0 Å². The van der Waals surface area contributed by atoms with Crippen LogP contribution in [0.3, 0.4) is 0 Å². The van der Waals surface area contributed by atoms with Crippen LogP contribution in [0, 0.1) is 0 Å². The first kappa shape index (κ1) is 20.1. The average Bonchev–Trinajstić information content (AvgIpc) is 2.70. The first-order chi connectivity index (χ1) is 13.1. The van der Waals surface area contributed by atoms with Gasteiger partial charge in [-0.3, -0.25) is 4.79 Å². The number of nitrogens with one attached hydrogen (secondary N) is 2. The van der Waals surface area contributed by atoms with Crippen molar-refractivity contribution in [2.45, 2.75) is 30.3 Å². The smallest absolute Gasteiger partial charge is 0.230 e. The Labute approximate surface area is 170 Å². The zero-order chi connectivity index (χ0) is 19.1. The Morgan fingerprint density at radius 3 is 2.44 bits per heavy atom. The van der Waals surface area contributed by atoms with Gasteiger partial charge in [0.25, 0.3) is 0 Å². The zero-order valence-electron chi connectivity index (χ0n) is 15.5. The molecule has 0 radical (unpaired) electrons. The Bertz CT molecular complexity index is 729. The van der Waals surface area contributed by atoms with Crippen molar-refractivity contribution >= 4 is 29.3 Å². The van der Waals surface area contributed by atoms with Gasteiger partial charge in [-0.2, -0.15) is 0 Å². The maximum absolute atomic E-state index is 12.2. The van der Waals surface area contributed by atoms with E-state index in [4.69, 9.17) is 16.3 Å². The number of rotatable bonds is 7. The summed E-state index contributed by atoms with van der Waals surface area (Å²) in [4.78, 5) is 14.9. The second-order valence-electron chi connectivity index (χ2n) is 6.86. The van der Waals surface area contributed by atoms with E-state index in [0.29, 0.717) is 11.8 Å². The molecule has 0 atom stereocenters. The molecule has 4 nitrogen and oxygen atoms in total. The van der Waals surface area contributed by atoms with Gasteiger partial charge in [-0.1, -0.05) is 23.7 Å². The lowest BCUT2D eigenvalue weighted by Gasteiger charge is -2.29. The fourth-order valence-electron chi connectivity index (χ4n) is 3.33. The van der Waals surface area contributed by atoms with Crippen LogP contribution in [0.5, 0.6) is 5.75 Å². The van der Waals surface area contributed by atoms with Crippen molar-refractivity contribution in [3.8, 4) is 5.75 Å². The maximum atomic E-state index is 12.2. The Morgan fingerprint density at radius 2 is 1.81 bits per heavy atom. The monoisotopic (exact) mass is 405 g/mol. The molecule has 0 spiro atoms. The van der Waals surface area contributed by atoms with Gasteiger partial charge in [0.2, 0.25) is 5.91 Å². The van der Waals surface area contributed by atoms with Crippen LogP contribution in [0.25, 0.3) is 0 Å². The molecule has 0 aliphatic carbocycles. The highest BCUT2D eigenvalue weighted by Gasteiger charge is 2.23. The molecule has 1 aliphatic rings. The predicted molar refractivity (Wildman–Crippen MR) is 111 cm³/mol. The number of thioether (sulfide) groups is 1. The summed E-state index contributed by atoms with van der Waals surface area (Å²) < 4.78 is 5.15. The van der Waals surface area contributed by atoms with Gasteiger partial charge >= 0.3 is 0 Å². The number of likely N-dealkylation sites (tertiary alicyclic amines) is 1. The molecule has 2 aromatic rings. The molecular weight excluding hydrogens is 380 g/mol. The number of benzene rings is 2. The van der Waals surface area contributed by atoms with E-state index >= 15 is 0 Å². The average molecular weight is 406 g/mol. The number of methoxy groups -OCH3 is 1. The lowest BCUT2D eigenvalue weighted by atomic mass is 10.0. The Hall–Kier alpha value is -1.69. The van der Waals surface area contributed by atoms with E-state index in [1.165, 1.54) is 5.56 Å². The van der Waals surface area contributed by atoms with E-state index in [-0.39, 0.29) is 5.91 Å². The van der Waals surface area contributed by atoms with Crippen LogP contribution in [0.2, 0.25) is 5.02 Å². The predicted octanol–water partition coefficient (Wildman–Crippen LogP) is 2.80. The largest absolute Gasteiger partial charge is 0.497 e. The van der Waals surface area contributed by atoms with Crippen molar-refractivity contribution in [3.05, 3.63) is 59.1 Å². The van der Waals surface area contributed by atoms with Crippen LogP contribution in [0.15, 0.2) is 53.4 Å². The van der Waals surface area contributed by atoms with Crippen LogP contribution in [0.1, 0.15) is 18.4 Å². The molecule has 144 valence electrons. The number of amides is 1. The molecule has 1 heterocycles. The van der Waals surface area contributed by atoms with E-state index in [9.17, 15) is 4.79 Å². The van der Waals surface area contributed by atoms with E-state index < -0.39 is 0 Å². The van der Waals surface area contributed by atoms with Crippen LogP contribution in [0.4, 0.5) is 0 Å². The lowest BCUT2D eigenvalue weighted by molar-refractivity contribution is -0.918. The van der Waals surface area contributed by atoms with Gasteiger partial charge in [-0.15, -0.1) is 11.8 Å². The second kappa shape index (κ2) is 10.0. The van der Waals surface area contributed by atoms with Crippen molar-refractivity contribution in [2.24, 2.45) is 0 Å². The van der Waals surface area contributed by atoms with Crippen LogP contribution in [-0.4, -0.2) is 37.9 Å². The van der Waals surface area contributed by atoms with Gasteiger partial charge in [-0.25, -0.2) is 0 Å². The Balaban J connectivity index is 1.36. The van der Waals surface area contributed by atoms with E-state index in [1.54, 1.807) is 23.8 Å². The minimum atomic E-state index is 0.113. The molecule has 0 saturated carbocycles. The van der Waals surface area contributed by atoms with Crippen LogP contribution in [-0.2, 0) is 11.3 Å². The molecular formula is C21H26ClN2O2S+. The number of ether oxygens (including phenoxy) is 1. The molecule has 27 heavy (non-hydrogen) atoms. The first-order valence-corrected chi connectivity index (χ1v) is 10.6. The van der Waals surface area contributed by atoms with Crippen molar-refractivity contribution in [1.29, 1.82) is 0 Å². The Kier molecular flexibility index (Phi) is 7.44. The van der Waals surface area contributed by atoms with Crippen molar-refractivity contribution in [3.63, 3.8) is 0 Å². The van der Waals surface area contributed by atoms with Crippen molar-refractivity contribution < 1.29 is 14.4 Å². The number of piperidine rings is 1. The molecule has 1 saturated heterocycles. The number of carbonyl (C=O) groups is 1. The summed E-state index contributed by atoms with van der Waals surface area (Å²) in [6.45, 7) is 3.18. The molecule has 6 heteroatoms. The summed E-state index contributed by atoms with van der Waals surface area (Å²) in [5, 5.41) is 3.97. The van der Waals surface area contributed by atoms with Crippen molar-refractivity contribution in [2.75, 3.05) is 26.0 Å². The number of carbonyl (C=O) groups excluding carboxylic acids is 1.